The number of carbonyl (C=O) groups is 2. The van der Waals surface area contributed by atoms with Crippen LogP contribution in [0.1, 0.15) is 44.1 Å². The first-order valence-electron chi connectivity index (χ1n) is 10.8. The van der Waals surface area contributed by atoms with Crippen molar-refractivity contribution < 1.29 is 9.59 Å². The van der Waals surface area contributed by atoms with Crippen molar-refractivity contribution in [2.75, 3.05) is 18.4 Å². The summed E-state index contributed by atoms with van der Waals surface area (Å²) < 4.78 is 1.80. The van der Waals surface area contributed by atoms with E-state index in [-0.39, 0.29) is 11.8 Å². The van der Waals surface area contributed by atoms with E-state index in [4.69, 9.17) is 11.6 Å². The number of amides is 2. The van der Waals surface area contributed by atoms with Gasteiger partial charge >= 0.3 is 0 Å². The zero-order valence-electron chi connectivity index (χ0n) is 18.0. The van der Waals surface area contributed by atoms with Crippen LogP contribution in [0.15, 0.2) is 48.0 Å². The molecule has 7 nitrogen and oxygen atoms in total. The molecule has 0 radical (unpaired) electrons. The third-order valence-corrected chi connectivity index (χ3v) is 6.82. The standard InChI is InChI=1S/C24H22ClN5O2S/c1-15-11-18(20-13-26-30(22(20)27-15)14-17-5-4-10-33-17)23(31)28-21-7-6-16(25)12-19(21)24(32)29-8-2-3-9-29/h4-7,10-13H,2-3,8-9,14H2,1H3,(H,28,31). The van der Waals surface area contributed by atoms with Gasteiger partial charge < -0.3 is 10.2 Å². The Morgan fingerprint density at radius 3 is 2.73 bits per heavy atom. The molecule has 3 aromatic heterocycles. The molecule has 0 bridgehead atoms. The summed E-state index contributed by atoms with van der Waals surface area (Å²) in [5, 5.41) is 10.5. The van der Waals surface area contributed by atoms with Gasteiger partial charge in [0.25, 0.3) is 11.8 Å². The van der Waals surface area contributed by atoms with E-state index in [0.29, 0.717) is 58.2 Å². The van der Waals surface area contributed by atoms with Crippen LogP contribution in [0.25, 0.3) is 11.0 Å². The highest BCUT2D eigenvalue weighted by atomic mass is 35.5. The quantitative estimate of drug-likeness (QED) is 0.437. The average molecular weight is 480 g/mol. The molecule has 4 aromatic rings. The lowest BCUT2D eigenvalue weighted by atomic mass is 10.1. The second kappa shape index (κ2) is 8.96. The summed E-state index contributed by atoms with van der Waals surface area (Å²) in [4.78, 5) is 34.0. The number of aryl methyl sites for hydroxylation is 1. The SMILES string of the molecule is Cc1cc(C(=O)Nc2ccc(Cl)cc2C(=O)N2CCCC2)c2cnn(Cc3cccs3)c2n1. The smallest absolute Gasteiger partial charge is 0.256 e. The molecule has 2 amide bonds. The van der Waals surface area contributed by atoms with Gasteiger partial charge in [-0.2, -0.15) is 5.10 Å². The second-order valence-corrected chi connectivity index (χ2v) is 9.54. The molecular weight excluding hydrogens is 458 g/mol. The molecule has 1 saturated heterocycles. The summed E-state index contributed by atoms with van der Waals surface area (Å²) in [5.41, 5.74) is 2.66. The van der Waals surface area contributed by atoms with Crippen molar-refractivity contribution in [3.63, 3.8) is 0 Å². The van der Waals surface area contributed by atoms with Gasteiger partial charge in [0.1, 0.15) is 0 Å². The van der Waals surface area contributed by atoms with E-state index in [1.165, 1.54) is 0 Å². The largest absolute Gasteiger partial charge is 0.339 e. The first kappa shape index (κ1) is 21.6. The highest BCUT2D eigenvalue weighted by Gasteiger charge is 2.24. The van der Waals surface area contributed by atoms with Gasteiger partial charge in [0.15, 0.2) is 5.65 Å². The van der Waals surface area contributed by atoms with Crippen molar-refractivity contribution in [2.24, 2.45) is 0 Å². The number of aromatic nitrogens is 3. The monoisotopic (exact) mass is 479 g/mol. The van der Waals surface area contributed by atoms with Gasteiger partial charge in [-0.3, -0.25) is 9.59 Å². The maximum atomic E-state index is 13.4. The molecule has 4 heterocycles. The molecule has 1 N–H and O–H groups in total. The Kier molecular flexibility index (Phi) is 5.86. The lowest BCUT2D eigenvalue weighted by Gasteiger charge is -2.18. The Labute approximate surface area is 200 Å². The molecule has 0 atom stereocenters. The number of benzene rings is 1. The molecule has 9 heteroatoms. The summed E-state index contributed by atoms with van der Waals surface area (Å²) in [7, 11) is 0. The molecule has 0 aliphatic carbocycles. The maximum Gasteiger partial charge on any atom is 0.256 e. The molecule has 33 heavy (non-hydrogen) atoms. The topological polar surface area (TPSA) is 80.1 Å². The van der Waals surface area contributed by atoms with Crippen LogP contribution < -0.4 is 5.32 Å². The van der Waals surface area contributed by atoms with Gasteiger partial charge in [-0.1, -0.05) is 17.7 Å². The number of rotatable bonds is 5. The third-order valence-electron chi connectivity index (χ3n) is 5.72. The van der Waals surface area contributed by atoms with Gasteiger partial charge in [-0.15, -0.1) is 11.3 Å². The Morgan fingerprint density at radius 2 is 1.97 bits per heavy atom. The van der Waals surface area contributed by atoms with Crippen molar-refractivity contribution >= 4 is 51.5 Å². The molecule has 1 aliphatic heterocycles. The van der Waals surface area contributed by atoms with Crippen LogP contribution in [0.2, 0.25) is 5.02 Å². The fourth-order valence-electron chi connectivity index (χ4n) is 4.11. The Balaban J connectivity index is 1.48. The number of pyridine rings is 1. The van der Waals surface area contributed by atoms with Gasteiger partial charge in [0, 0.05) is 28.7 Å². The highest BCUT2D eigenvalue weighted by molar-refractivity contribution is 7.09. The molecule has 1 aromatic carbocycles. The minimum atomic E-state index is -0.320. The van der Waals surface area contributed by atoms with E-state index in [1.54, 1.807) is 51.4 Å². The second-order valence-electron chi connectivity index (χ2n) is 8.07. The van der Waals surface area contributed by atoms with E-state index >= 15 is 0 Å². The van der Waals surface area contributed by atoms with E-state index in [2.05, 4.69) is 15.4 Å². The summed E-state index contributed by atoms with van der Waals surface area (Å²) in [5.74, 6) is -0.441. The first-order valence-corrected chi connectivity index (χ1v) is 12.0. The summed E-state index contributed by atoms with van der Waals surface area (Å²) in [6.45, 7) is 3.87. The van der Waals surface area contributed by atoms with Crippen molar-refractivity contribution in [2.45, 2.75) is 26.3 Å². The predicted molar refractivity (Wildman–Crippen MR) is 130 cm³/mol. The summed E-state index contributed by atoms with van der Waals surface area (Å²) >= 11 is 7.83. The lowest BCUT2D eigenvalue weighted by molar-refractivity contribution is 0.0794. The van der Waals surface area contributed by atoms with Crippen LogP contribution in [0, 0.1) is 6.92 Å². The number of likely N-dealkylation sites (tertiary alicyclic amines) is 1. The van der Waals surface area contributed by atoms with Crippen LogP contribution in [0.4, 0.5) is 5.69 Å². The summed E-state index contributed by atoms with van der Waals surface area (Å²) in [6, 6.07) is 10.7. The number of hydrogen-bond donors (Lipinski definition) is 1. The number of nitrogens with zero attached hydrogens (tertiary/aromatic N) is 4. The van der Waals surface area contributed by atoms with Crippen LogP contribution in [-0.4, -0.2) is 44.6 Å². The first-order chi connectivity index (χ1) is 16.0. The molecule has 5 rings (SSSR count). The number of carbonyl (C=O) groups excluding carboxylic acids is 2. The predicted octanol–water partition coefficient (Wildman–Crippen LogP) is 4.99. The number of thiophene rings is 1. The molecule has 0 saturated carbocycles. The number of halogens is 1. The molecule has 1 fully saturated rings. The zero-order valence-corrected chi connectivity index (χ0v) is 19.6. The van der Waals surface area contributed by atoms with Gasteiger partial charge in [-0.05, 0) is 55.5 Å². The fraction of sp³-hybridized carbons (Fsp3) is 0.250. The number of fused-ring (bicyclic) bond motifs is 1. The Morgan fingerprint density at radius 1 is 1.15 bits per heavy atom. The third kappa shape index (κ3) is 4.36. The summed E-state index contributed by atoms with van der Waals surface area (Å²) in [6.07, 6.45) is 3.64. The lowest BCUT2D eigenvalue weighted by Crippen LogP contribution is -2.29. The van der Waals surface area contributed by atoms with Gasteiger partial charge in [-0.25, -0.2) is 9.67 Å². The van der Waals surface area contributed by atoms with Crippen molar-refractivity contribution in [3.8, 4) is 0 Å². The molecule has 1 aliphatic rings. The van der Waals surface area contributed by atoms with Crippen LogP contribution in [0.3, 0.4) is 0 Å². The van der Waals surface area contributed by atoms with Gasteiger partial charge in [0.2, 0.25) is 0 Å². The average Bonchev–Trinajstić information content (AvgIpc) is 3.57. The van der Waals surface area contributed by atoms with E-state index in [1.807, 2.05) is 24.4 Å². The molecule has 0 unspecified atom stereocenters. The van der Waals surface area contributed by atoms with Gasteiger partial charge in [0.05, 0.1) is 34.9 Å². The maximum absolute atomic E-state index is 13.4. The Hall–Kier alpha value is -3.23. The Bertz CT molecular complexity index is 1340. The molecule has 0 spiro atoms. The minimum absolute atomic E-state index is 0.120. The normalized spacial score (nSPS) is 13.6. The minimum Gasteiger partial charge on any atom is -0.339 e. The van der Waals surface area contributed by atoms with Crippen LogP contribution in [0.5, 0.6) is 0 Å². The van der Waals surface area contributed by atoms with Crippen LogP contribution in [-0.2, 0) is 6.54 Å². The zero-order chi connectivity index (χ0) is 22.9. The van der Waals surface area contributed by atoms with E-state index < -0.39 is 0 Å². The van der Waals surface area contributed by atoms with Crippen LogP contribution >= 0.6 is 22.9 Å². The number of anilines is 1. The van der Waals surface area contributed by atoms with Crippen molar-refractivity contribution in [3.05, 3.63) is 74.7 Å². The molecular formula is C24H22ClN5O2S. The molecule has 168 valence electrons. The fourth-order valence-corrected chi connectivity index (χ4v) is 4.97. The highest BCUT2D eigenvalue weighted by Crippen LogP contribution is 2.26. The van der Waals surface area contributed by atoms with E-state index in [0.717, 1.165) is 17.7 Å². The number of nitrogens with one attached hydrogen (secondary N) is 1. The van der Waals surface area contributed by atoms with Crippen molar-refractivity contribution in [1.82, 2.24) is 19.7 Å². The number of hydrogen-bond acceptors (Lipinski definition) is 5. The van der Waals surface area contributed by atoms with Crippen molar-refractivity contribution in [1.29, 1.82) is 0 Å². The van der Waals surface area contributed by atoms with E-state index in [9.17, 15) is 9.59 Å².